The van der Waals surface area contributed by atoms with E-state index in [-0.39, 0.29) is 27.8 Å². The van der Waals surface area contributed by atoms with Crippen LogP contribution in [0.25, 0.3) is 0 Å². The van der Waals surface area contributed by atoms with Crippen molar-refractivity contribution in [2.24, 2.45) is 5.92 Å². The van der Waals surface area contributed by atoms with E-state index in [4.69, 9.17) is 23.2 Å². The number of carboxylic acid groups (broad SMARTS) is 1. The summed E-state index contributed by atoms with van der Waals surface area (Å²) in [6.45, 7) is 0. The van der Waals surface area contributed by atoms with E-state index in [1.807, 2.05) is 6.07 Å². The van der Waals surface area contributed by atoms with Gasteiger partial charge < -0.3 is 5.11 Å². The number of aliphatic carboxylic acids is 1. The topological polar surface area (TPSA) is 90.6 Å². The first-order chi connectivity index (χ1) is 18.0. The molecule has 2 aliphatic rings. The van der Waals surface area contributed by atoms with Gasteiger partial charge in [0.2, 0.25) is 0 Å². The van der Waals surface area contributed by atoms with Gasteiger partial charge in [0.1, 0.15) is 17.3 Å². The van der Waals surface area contributed by atoms with Crippen LogP contribution in [0.3, 0.4) is 0 Å². The van der Waals surface area contributed by atoms with Crippen LogP contribution < -0.4 is 0 Å². The van der Waals surface area contributed by atoms with E-state index in [0.29, 0.717) is 12.8 Å². The van der Waals surface area contributed by atoms with Gasteiger partial charge >= 0.3 is 18.0 Å². The largest absolute Gasteiger partial charge is 0.480 e. The molecule has 1 heterocycles. The van der Waals surface area contributed by atoms with Crippen molar-refractivity contribution in [2.75, 3.05) is 0 Å². The monoisotopic (exact) mass is 572 g/mol. The van der Waals surface area contributed by atoms with Gasteiger partial charge in [-0.1, -0.05) is 73.2 Å². The van der Waals surface area contributed by atoms with Crippen LogP contribution >= 0.6 is 23.2 Å². The third kappa shape index (κ3) is 4.51. The summed E-state index contributed by atoms with van der Waals surface area (Å²) < 4.78 is 59.8. The van der Waals surface area contributed by atoms with Gasteiger partial charge in [-0.3, -0.25) is 4.79 Å². The normalized spacial score (nSPS) is 26.3. The van der Waals surface area contributed by atoms with Crippen molar-refractivity contribution in [1.29, 1.82) is 5.26 Å². The first kappa shape index (κ1) is 28.1. The second kappa shape index (κ2) is 10.7. The summed E-state index contributed by atoms with van der Waals surface area (Å²) in [4.78, 5) is 27.6. The molecule has 202 valence electrons. The quantitative estimate of drug-likeness (QED) is 0.304. The number of rotatable bonds is 7. The van der Waals surface area contributed by atoms with Crippen LogP contribution in [-0.4, -0.2) is 40.1 Å². The van der Waals surface area contributed by atoms with E-state index in [0.717, 1.165) is 18.9 Å². The zero-order chi connectivity index (χ0) is 27.8. The van der Waals surface area contributed by atoms with E-state index >= 15 is 13.2 Å². The minimum atomic E-state index is -4.82. The number of carbonyl (C=O) groups excluding carboxylic acids is 1. The van der Waals surface area contributed by atoms with Crippen molar-refractivity contribution in [3.63, 3.8) is 0 Å². The number of carbonyl (C=O) groups is 2. The van der Waals surface area contributed by atoms with Gasteiger partial charge in [0, 0.05) is 21.5 Å². The third-order valence-electron chi connectivity index (χ3n) is 7.72. The van der Waals surface area contributed by atoms with E-state index < -0.39 is 57.8 Å². The molecular formula is C26H22Cl2F4N2O4. The molecule has 2 aromatic carbocycles. The molecule has 4 atom stereocenters. The smallest absolute Gasteiger partial charge is 0.434 e. The molecule has 1 saturated carbocycles. The lowest BCUT2D eigenvalue weighted by atomic mass is 9.63. The lowest BCUT2D eigenvalue weighted by Crippen LogP contribution is -2.58. The van der Waals surface area contributed by atoms with Crippen molar-refractivity contribution in [1.82, 2.24) is 4.90 Å². The van der Waals surface area contributed by atoms with Crippen LogP contribution in [0.5, 0.6) is 0 Å². The molecule has 38 heavy (non-hydrogen) atoms. The molecule has 0 bridgehead atoms. The van der Waals surface area contributed by atoms with Crippen molar-refractivity contribution in [3.05, 3.63) is 69.5 Å². The Hall–Kier alpha value is -2.87. The number of hydrogen-bond acceptors (Lipinski definition) is 5. The summed E-state index contributed by atoms with van der Waals surface area (Å²) in [5, 5.41) is 20.9. The van der Waals surface area contributed by atoms with E-state index in [2.05, 4.69) is 4.94 Å². The zero-order valence-corrected chi connectivity index (χ0v) is 21.2. The Morgan fingerprint density at radius 3 is 2.34 bits per heavy atom. The minimum Gasteiger partial charge on any atom is -0.480 e. The predicted octanol–water partition coefficient (Wildman–Crippen LogP) is 6.42. The van der Waals surface area contributed by atoms with E-state index in [1.54, 1.807) is 0 Å². The number of hydrogen-bond donors (Lipinski definition) is 1. The molecule has 1 aliphatic heterocycles. The molecule has 0 spiro atoms. The second-order valence-corrected chi connectivity index (χ2v) is 10.5. The predicted molar refractivity (Wildman–Crippen MR) is 129 cm³/mol. The number of nitriles is 1. The molecule has 2 aromatic rings. The second-order valence-electron chi connectivity index (χ2n) is 9.61. The van der Waals surface area contributed by atoms with Crippen molar-refractivity contribution in [3.8, 4) is 6.07 Å². The lowest BCUT2D eigenvalue weighted by molar-refractivity contribution is -0.245. The Labute approximate surface area is 225 Å². The Balaban J connectivity index is 2.10. The standard InChI is InChI=1S/C26H22Cl2F4N2O4/c27-16-10-8-15(9-11-16)25(13-33)19(12-14-4-1-2-5-14)34(26(30,31)24(37)38-32)22(23(35)36)20(25)17-6-3-7-18(28)21(17)29/h3,6-11,14,19-20,22H,1-2,4-5,12H2,(H,35,36)/t19-,20-,22+,25-/m0/s1. The van der Waals surface area contributed by atoms with Crippen LogP contribution in [0.2, 0.25) is 10.0 Å². The van der Waals surface area contributed by atoms with Gasteiger partial charge in [-0.25, -0.2) is 19.0 Å². The molecule has 0 radical (unpaired) electrons. The summed E-state index contributed by atoms with van der Waals surface area (Å²) in [6.07, 6.45) is 2.65. The molecule has 6 nitrogen and oxygen atoms in total. The first-order valence-corrected chi connectivity index (χ1v) is 12.6. The van der Waals surface area contributed by atoms with Gasteiger partial charge in [0.25, 0.3) is 0 Å². The van der Waals surface area contributed by atoms with Crippen LogP contribution in [-0.2, 0) is 19.9 Å². The molecule has 2 fully saturated rings. The van der Waals surface area contributed by atoms with E-state index in [1.165, 1.54) is 36.4 Å². The number of halogens is 6. The highest BCUT2D eigenvalue weighted by Gasteiger charge is 2.71. The molecule has 0 amide bonds. The summed E-state index contributed by atoms with van der Waals surface area (Å²) in [6, 6.07) is 2.36. The van der Waals surface area contributed by atoms with Crippen LogP contribution in [0, 0.1) is 23.1 Å². The average Bonchev–Trinajstić information content (AvgIpc) is 3.51. The summed E-state index contributed by atoms with van der Waals surface area (Å²) in [5.74, 6) is -7.62. The van der Waals surface area contributed by atoms with Crippen LogP contribution in [0.1, 0.15) is 49.1 Å². The molecule has 1 aliphatic carbocycles. The van der Waals surface area contributed by atoms with Crippen molar-refractivity contribution >= 4 is 35.1 Å². The number of carboxylic acids is 1. The molecule has 4 rings (SSSR count). The van der Waals surface area contributed by atoms with Gasteiger partial charge in [0.15, 0.2) is 0 Å². The van der Waals surface area contributed by atoms with Crippen molar-refractivity contribution in [2.45, 2.75) is 61.6 Å². The maximum Gasteiger partial charge on any atom is 0.434 e. The highest BCUT2D eigenvalue weighted by Crippen LogP contribution is 2.58. The van der Waals surface area contributed by atoms with Gasteiger partial charge in [0.05, 0.1) is 11.1 Å². The maximum atomic E-state index is 15.7. The maximum absolute atomic E-state index is 15.7. The highest BCUT2D eigenvalue weighted by atomic mass is 35.5. The summed E-state index contributed by atoms with van der Waals surface area (Å²) >= 11 is 12.0. The first-order valence-electron chi connectivity index (χ1n) is 11.8. The number of nitrogens with zero attached hydrogens (tertiary/aromatic N) is 2. The SMILES string of the molecule is N#C[C@]1(c2ccc(Cl)cc2)[C@H](CC2CCCC2)N(C(F)(F)C(=O)OF)[C@@H](C(=O)O)[C@@H]1c1cccc(Cl)c1F. The third-order valence-corrected chi connectivity index (χ3v) is 8.26. The fourth-order valence-electron chi connectivity index (χ4n) is 6.16. The Bertz CT molecular complexity index is 1270. The number of benzene rings is 2. The Morgan fingerprint density at radius 2 is 1.79 bits per heavy atom. The molecule has 1 N–H and O–H groups in total. The Kier molecular flexibility index (Phi) is 7.94. The molecular weight excluding hydrogens is 551 g/mol. The fraction of sp³-hybridized carbons (Fsp3) is 0.423. The molecule has 1 saturated heterocycles. The van der Waals surface area contributed by atoms with Gasteiger partial charge in [-0.15, -0.1) is 0 Å². The Morgan fingerprint density at radius 1 is 1.16 bits per heavy atom. The van der Waals surface area contributed by atoms with Crippen LogP contribution in [0.4, 0.5) is 17.7 Å². The molecule has 0 aromatic heterocycles. The van der Waals surface area contributed by atoms with E-state index in [9.17, 15) is 24.5 Å². The zero-order valence-electron chi connectivity index (χ0n) is 19.7. The molecule has 12 heteroatoms. The van der Waals surface area contributed by atoms with Gasteiger partial charge in [-0.05, 0) is 41.7 Å². The van der Waals surface area contributed by atoms with Gasteiger partial charge in [-0.2, -0.15) is 14.0 Å². The highest BCUT2D eigenvalue weighted by molar-refractivity contribution is 6.31. The fourth-order valence-corrected chi connectivity index (χ4v) is 6.47. The summed E-state index contributed by atoms with van der Waals surface area (Å²) in [7, 11) is 0. The summed E-state index contributed by atoms with van der Waals surface area (Å²) in [5.41, 5.74) is -2.48. The lowest BCUT2D eigenvalue weighted by Gasteiger charge is -2.38. The number of likely N-dealkylation sites (tertiary alicyclic amines) is 1. The van der Waals surface area contributed by atoms with Crippen molar-refractivity contribution < 1.29 is 37.3 Å². The molecule has 0 unspecified atom stereocenters. The van der Waals surface area contributed by atoms with Crippen LogP contribution in [0.15, 0.2) is 42.5 Å². The minimum absolute atomic E-state index is 0.0123. The number of alkyl halides is 2. The average molecular weight is 573 g/mol.